The molecule has 1 heterocycles. The number of carbonyl (C=O) groups excluding carboxylic acids is 2. The van der Waals surface area contributed by atoms with E-state index in [-0.39, 0.29) is 11.8 Å². The van der Waals surface area contributed by atoms with Crippen molar-refractivity contribution < 1.29 is 9.59 Å². The highest BCUT2D eigenvalue weighted by Gasteiger charge is 2.14. The molecule has 0 spiro atoms. The highest BCUT2D eigenvalue weighted by atomic mass is 32.1. The van der Waals surface area contributed by atoms with Gasteiger partial charge in [0.05, 0.1) is 6.54 Å². The maximum Gasteiger partial charge on any atom is 0.253 e. The van der Waals surface area contributed by atoms with E-state index in [4.69, 9.17) is 0 Å². The summed E-state index contributed by atoms with van der Waals surface area (Å²) < 4.78 is 0. The molecule has 2 aromatic rings. The first-order valence-corrected chi connectivity index (χ1v) is 9.89. The summed E-state index contributed by atoms with van der Waals surface area (Å²) in [5.41, 5.74) is 1.25. The van der Waals surface area contributed by atoms with Crippen LogP contribution in [0.5, 0.6) is 0 Å². The molecule has 0 aliphatic carbocycles. The van der Waals surface area contributed by atoms with Gasteiger partial charge in [-0.15, -0.1) is 11.3 Å². The van der Waals surface area contributed by atoms with Crippen molar-refractivity contribution in [2.75, 3.05) is 31.5 Å². The monoisotopic (exact) mass is 373 g/mol. The van der Waals surface area contributed by atoms with Crippen LogP contribution in [0.15, 0.2) is 41.8 Å². The number of likely N-dealkylation sites (N-methyl/N-ethyl adjacent to an activating group) is 1. The number of carbonyl (C=O) groups is 2. The average Bonchev–Trinajstić information content (AvgIpc) is 3.15. The molecule has 0 bridgehead atoms. The van der Waals surface area contributed by atoms with Crippen LogP contribution in [-0.4, -0.2) is 47.8 Å². The predicted octanol–water partition coefficient (Wildman–Crippen LogP) is 3.69. The predicted molar refractivity (Wildman–Crippen MR) is 108 cm³/mol. The molecule has 5 nitrogen and oxygen atoms in total. The van der Waals surface area contributed by atoms with E-state index in [0.717, 1.165) is 13.1 Å². The molecular weight excluding hydrogens is 346 g/mol. The molecule has 26 heavy (non-hydrogen) atoms. The molecule has 2 rings (SSSR count). The number of anilines is 1. The second kappa shape index (κ2) is 10.1. The van der Waals surface area contributed by atoms with Crippen molar-refractivity contribution in [2.45, 2.75) is 27.3 Å². The number of rotatable bonds is 9. The number of hydrogen-bond acceptors (Lipinski definition) is 4. The Morgan fingerprint density at radius 1 is 1.04 bits per heavy atom. The normalized spacial score (nSPS) is 10.8. The maximum absolute atomic E-state index is 12.5. The van der Waals surface area contributed by atoms with Gasteiger partial charge in [0.15, 0.2) is 0 Å². The summed E-state index contributed by atoms with van der Waals surface area (Å²) in [4.78, 5) is 29.9. The summed E-state index contributed by atoms with van der Waals surface area (Å²) >= 11 is 1.69. The van der Waals surface area contributed by atoms with Gasteiger partial charge in [0.25, 0.3) is 5.91 Å². The van der Waals surface area contributed by atoms with Crippen LogP contribution >= 0.6 is 11.3 Å². The van der Waals surface area contributed by atoms with Gasteiger partial charge < -0.3 is 10.2 Å². The lowest BCUT2D eigenvalue weighted by atomic mass is 10.1. The number of benzene rings is 1. The Morgan fingerprint density at radius 3 is 2.42 bits per heavy atom. The zero-order valence-electron chi connectivity index (χ0n) is 15.7. The zero-order valence-corrected chi connectivity index (χ0v) is 16.5. The first-order chi connectivity index (χ1) is 12.6. The van der Waals surface area contributed by atoms with Crippen LogP contribution in [0.25, 0.3) is 0 Å². The van der Waals surface area contributed by atoms with Crippen molar-refractivity contribution >= 4 is 28.8 Å². The fourth-order valence-corrected chi connectivity index (χ4v) is 3.48. The third-order valence-corrected chi connectivity index (χ3v) is 5.08. The quantitative estimate of drug-likeness (QED) is 0.729. The summed E-state index contributed by atoms with van der Waals surface area (Å²) in [5, 5.41) is 4.95. The number of amides is 2. The lowest BCUT2D eigenvalue weighted by Crippen LogP contribution is -2.33. The summed E-state index contributed by atoms with van der Waals surface area (Å²) in [5.74, 6) is -0.0881. The minimum atomic E-state index is -0.0733. The Morgan fingerprint density at radius 2 is 1.81 bits per heavy atom. The minimum absolute atomic E-state index is 0.0148. The Bertz CT molecular complexity index is 712. The van der Waals surface area contributed by atoms with Crippen molar-refractivity contribution in [1.82, 2.24) is 9.80 Å². The molecule has 0 unspecified atom stereocenters. The van der Waals surface area contributed by atoms with Gasteiger partial charge >= 0.3 is 0 Å². The van der Waals surface area contributed by atoms with Crippen LogP contribution < -0.4 is 5.32 Å². The van der Waals surface area contributed by atoms with Crippen LogP contribution in [0.3, 0.4) is 0 Å². The van der Waals surface area contributed by atoms with E-state index in [1.807, 2.05) is 38.3 Å². The molecule has 0 fully saturated rings. The van der Waals surface area contributed by atoms with Gasteiger partial charge in [-0.1, -0.05) is 19.1 Å². The second-order valence-electron chi connectivity index (χ2n) is 5.99. The second-order valence-corrected chi connectivity index (χ2v) is 7.02. The SMILES string of the molecule is CCN(CC(=O)Nc1cccc(C(=O)N(CC)CC)c1)Cc1cccs1. The summed E-state index contributed by atoms with van der Waals surface area (Å²) in [7, 11) is 0. The van der Waals surface area contributed by atoms with E-state index in [1.165, 1.54) is 4.88 Å². The molecule has 0 saturated heterocycles. The highest BCUT2D eigenvalue weighted by molar-refractivity contribution is 7.09. The molecule has 0 atom stereocenters. The lowest BCUT2D eigenvalue weighted by Gasteiger charge is -2.20. The number of nitrogens with one attached hydrogen (secondary N) is 1. The first kappa shape index (κ1) is 20.1. The molecule has 1 N–H and O–H groups in total. The minimum Gasteiger partial charge on any atom is -0.339 e. The molecule has 1 aromatic carbocycles. The molecule has 0 aliphatic rings. The van der Waals surface area contributed by atoms with E-state index in [9.17, 15) is 9.59 Å². The number of hydrogen-bond donors (Lipinski definition) is 1. The Labute approximate surface area is 159 Å². The van der Waals surface area contributed by atoms with Crippen molar-refractivity contribution in [2.24, 2.45) is 0 Å². The van der Waals surface area contributed by atoms with Crippen molar-refractivity contribution in [3.8, 4) is 0 Å². The topological polar surface area (TPSA) is 52.7 Å². The molecular formula is C20H27N3O2S. The van der Waals surface area contributed by atoms with Crippen molar-refractivity contribution in [3.05, 3.63) is 52.2 Å². The lowest BCUT2D eigenvalue weighted by molar-refractivity contribution is -0.117. The number of thiophene rings is 1. The van der Waals surface area contributed by atoms with Gasteiger partial charge in [0.2, 0.25) is 5.91 Å². The van der Waals surface area contributed by atoms with Gasteiger partial charge in [-0.2, -0.15) is 0 Å². The molecule has 2 amide bonds. The van der Waals surface area contributed by atoms with Crippen molar-refractivity contribution in [1.29, 1.82) is 0 Å². The number of nitrogens with zero attached hydrogens (tertiary/aromatic N) is 2. The molecule has 1 aromatic heterocycles. The summed E-state index contributed by atoms with van der Waals surface area (Å²) in [6.45, 7) is 9.18. The van der Waals surface area contributed by atoms with E-state index in [0.29, 0.717) is 30.9 Å². The smallest absolute Gasteiger partial charge is 0.253 e. The molecule has 140 valence electrons. The van der Waals surface area contributed by atoms with Crippen LogP contribution in [-0.2, 0) is 11.3 Å². The fraction of sp³-hybridized carbons (Fsp3) is 0.400. The van der Waals surface area contributed by atoms with Gasteiger partial charge in [-0.05, 0) is 50.0 Å². The van der Waals surface area contributed by atoms with Gasteiger partial charge in [-0.25, -0.2) is 0 Å². The maximum atomic E-state index is 12.5. The highest BCUT2D eigenvalue weighted by Crippen LogP contribution is 2.14. The fourth-order valence-electron chi connectivity index (χ4n) is 2.73. The van der Waals surface area contributed by atoms with Crippen LogP contribution in [0.4, 0.5) is 5.69 Å². The third-order valence-electron chi connectivity index (χ3n) is 4.22. The molecule has 0 aliphatic heterocycles. The largest absolute Gasteiger partial charge is 0.339 e. The first-order valence-electron chi connectivity index (χ1n) is 9.01. The molecule has 6 heteroatoms. The Balaban J connectivity index is 1.97. The third kappa shape index (κ3) is 5.68. The zero-order chi connectivity index (χ0) is 18.9. The standard InChI is InChI=1S/C20H27N3O2S/c1-4-22(14-18-11-8-12-26-18)15-19(24)21-17-10-7-9-16(13-17)20(25)23(5-2)6-3/h7-13H,4-6,14-15H2,1-3H3,(H,21,24). The van der Waals surface area contributed by atoms with Crippen LogP contribution in [0.2, 0.25) is 0 Å². The van der Waals surface area contributed by atoms with E-state index in [1.54, 1.807) is 34.4 Å². The average molecular weight is 374 g/mol. The Kier molecular flexibility index (Phi) is 7.81. The summed E-state index contributed by atoms with van der Waals surface area (Å²) in [6.07, 6.45) is 0. The molecule has 0 saturated carbocycles. The van der Waals surface area contributed by atoms with E-state index in [2.05, 4.69) is 16.3 Å². The summed E-state index contributed by atoms with van der Waals surface area (Å²) in [6, 6.07) is 11.2. The van der Waals surface area contributed by atoms with Gasteiger partial charge in [-0.3, -0.25) is 14.5 Å². The molecule has 0 radical (unpaired) electrons. The van der Waals surface area contributed by atoms with Gasteiger partial charge in [0, 0.05) is 35.8 Å². The van der Waals surface area contributed by atoms with Crippen LogP contribution in [0, 0.1) is 0 Å². The van der Waals surface area contributed by atoms with Gasteiger partial charge in [0.1, 0.15) is 0 Å². The van der Waals surface area contributed by atoms with E-state index < -0.39 is 0 Å². The van der Waals surface area contributed by atoms with Crippen LogP contribution in [0.1, 0.15) is 36.0 Å². The van der Waals surface area contributed by atoms with Crippen molar-refractivity contribution in [3.63, 3.8) is 0 Å². The Hall–Kier alpha value is -2.18. The van der Waals surface area contributed by atoms with E-state index >= 15 is 0 Å².